The number of rotatable bonds is 4. The van der Waals surface area contributed by atoms with Crippen LogP contribution < -0.4 is 5.32 Å². The maximum Gasteiger partial charge on any atom is 0.148 e. The highest BCUT2D eigenvalue weighted by Gasteiger charge is 2.08. The van der Waals surface area contributed by atoms with Crippen LogP contribution in [0.5, 0.6) is 0 Å². The van der Waals surface area contributed by atoms with E-state index in [1.54, 1.807) is 12.5 Å². The van der Waals surface area contributed by atoms with Gasteiger partial charge in [0, 0.05) is 12.5 Å². The van der Waals surface area contributed by atoms with Crippen LogP contribution in [-0.4, -0.2) is 16.0 Å². The fourth-order valence-corrected chi connectivity index (χ4v) is 1.59. The normalized spacial score (nSPS) is 12.4. The third kappa shape index (κ3) is 2.73. The Balaban J connectivity index is 1.97. The van der Waals surface area contributed by atoms with E-state index in [9.17, 15) is 0 Å². The largest absolute Gasteiger partial charge is 0.469 e. The number of halogens is 1. The summed E-state index contributed by atoms with van der Waals surface area (Å²) in [6.45, 7) is 2.04. The van der Waals surface area contributed by atoms with Gasteiger partial charge in [-0.05, 0) is 19.1 Å². The van der Waals surface area contributed by atoms with Crippen molar-refractivity contribution in [1.82, 2.24) is 9.97 Å². The summed E-state index contributed by atoms with van der Waals surface area (Å²) in [5, 5.41) is 3.73. The number of aromatic nitrogens is 2. The first-order valence-corrected chi connectivity index (χ1v) is 5.38. The molecule has 0 aromatic carbocycles. The Morgan fingerprint density at radius 1 is 1.56 bits per heavy atom. The van der Waals surface area contributed by atoms with Crippen LogP contribution >= 0.6 is 11.6 Å². The molecule has 0 fully saturated rings. The Morgan fingerprint density at radius 3 is 3.12 bits per heavy atom. The molecule has 16 heavy (non-hydrogen) atoms. The van der Waals surface area contributed by atoms with Gasteiger partial charge in [-0.2, -0.15) is 0 Å². The lowest BCUT2D eigenvalue weighted by atomic mass is 10.2. The van der Waals surface area contributed by atoms with Gasteiger partial charge in [-0.25, -0.2) is 9.97 Å². The van der Waals surface area contributed by atoms with Crippen molar-refractivity contribution in [1.29, 1.82) is 0 Å². The summed E-state index contributed by atoms with van der Waals surface area (Å²) < 4.78 is 5.27. The van der Waals surface area contributed by atoms with Crippen LogP contribution in [0.1, 0.15) is 12.7 Å². The standard InChI is InChI=1S/C11H12ClN3O/c1-8(5-9-3-2-4-16-9)15-11-10(12)6-13-7-14-11/h2-4,6-8H,5H2,1H3,(H,13,14,15). The summed E-state index contributed by atoms with van der Waals surface area (Å²) in [4.78, 5) is 7.89. The van der Waals surface area contributed by atoms with Gasteiger partial charge in [0.25, 0.3) is 0 Å². The average molecular weight is 238 g/mol. The molecule has 0 bridgehead atoms. The van der Waals surface area contributed by atoms with E-state index in [1.807, 2.05) is 19.1 Å². The molecule has 4 nitrogen and oxygen atoms in total. The summed E-state index contributed by atoms with van der Waals surface area (Å²) in [5.74, 6) is 1.58. The van der Waals surface area contributed by atoms with Crippen molar-refractivity contribution in [3.05, 3.63) is 41.7 Å². The van der Waals surface area contributed by atoms with E-state index in [1.165, 1.54) is 6.33 Å². The summed E-state index contributed by atoms with van der Waals surface area (Å²) in [6.07, 6.45) is 5.48. The number of furan rings is 1. The van der Waals surface area contributed by atoms with E-state index in [-0.39, 0.29) is 6.04 Å². The number of hydrogen-bond acceptors (Lipinski definition) is 4. The van der Waals surface area contributed by atoms with Crippen LogP contribution in [-0.2, 0) is 6.42 Å². The number of nitrogens with one attached hydrogen (secondary N) is 1. The molecule has 2 aromatic heterocycles. The van der Waals surface area contributed by atoms with E-state index in [4.69, 9.17) is 16.0 Å². The van der Waals surface area contributed by atoms with Crippen LogP contribution in [0, 0.1) is 0 Å². The third-order valence-electron chi connectivity index (χ3n) is 2.14. The number of nitrogens with zero attached hydrogens (tertiary/aromatic N) is 2. The van der Waals surface area contributed by atoms with Crippen LogP contribution in [0.4, 0.5) is 5.82 Å². The zero-order valence-electron chi connectivity index (χ0n) is 8.85. The van der Waals surface area contributed by atoms with Crippen LogP contribution in [0.25, 0.3) is 0 Å². The van der Waals surface area contributed by atoms with Crippen molar-refractivity contribution in [2.75, 3.05) is 5.32 Å². The highest BCUT2D eigenvalue weighted by molar-refractivity contribution is 6.32. The minimum absolute atomic E-state index is 0.193. The maximum atomic E-state index is 5.94. The molecule has 5 heteroatoms. The molecule has 84 valence electrons. The van der Waals surface area contributed by atoms with Crippen molar-refractivity contribution >= 4 is 17.4 Å². The topological polar surface area (TPSA) is 51.0 Å². The van der Waals surface area contributed by atoms with Gasteiger partial charge in [-0.3, -0.25) is 0 Å². The predicted molar refractivity (Wildman–Crippen MR) is 62.5 cm³/mol. The van der Waals surface area contributed by atoms with E-state index < -0.39 is 0 Å². The Kier molecular flexibility index (Phi) is 3.41. The molecule has 1 atom stereocenters. The van der Waals surface area contributed by atoms with Gasteiger partial charge in [0.15, 0.2) is 0 Å². The third-order valence-corrected chi connectivity index (χ3v) is 2.41. The maximum absolute atomic E-state index is 5.94. The van der Waals surface area contributed by atoms with Gasteiger partial charge in [0.1, 0.15) is 22.9 Å². The molecule has 0 amide bonds. The molecule has 2 heterocycles. The van der Waals surface area contributed by atoms with Gasteiger partial charge in [0.2, 0.25) is 0 Å². The molecule has 2 aromatic rings. The molecule has 0 aliphatic carbocycles. The van der Waals surface area contributed by atoms with Crippen molar-refractivity contribution in [3.8, 4) is 0 Å². The SMILES string of the molecule is CC(Cc1ccco1)Nc1ncncc1Cl. The van der Waals surface area contributed by atoms with Gasteiger partial charge >= 0.3 is 0 Å². The van der Waals surface area contributed by atoms with Gasteiger partial charge in [0.05, 0.1) is 12.5 Å². The molecular formula is C11H12ClN3O. The molecule has 2 rings (SSSR count). The lowest BCUT2D eigenvalue weighted by Crippen LogP contribution is -2.18. The fourth-order valence-electron chi connectivity index (χ4n) is 1.43. The van der Waals surface area contributed by atoms with Crippen molar-refractivity contribution in [2.45, 2.75) is 19.4 Å². The second kappa shape index (κ2) is 4.99. The number of hydrogen-bond donors (Lipinski definition) is 1. The van der Waals surface area contributed by atoms with E-state index in [0.29, 0.717) is 10.8 Å². The number of anilines is 1. The predicted octanol–water partition coefficient (Wildman–Crippen LogP) is 2.77. The Hall–Kier alpha value is -1.55. The zero-order chi connectivity index (χ0) is 11.4. The Morgan fingerprint density at radius 2 is 2.44 bits per heavy atom. The smallest absolute Gasteiger partial charge is 0.148 e. The minimum Gasteiger partial charge on any atom is -0.469 e. The molecular weight excluding hydrogens is 226 g/mol. The van der Waals surface area contributed by atoms with Crippen LogP contribution in [0.3, 0.4) is 0 Å². The van der Waals surface area contributed by atoms with Crippen molar-refractivity contribution < 1.29 is 4.42 Å². The van der Waals surface area contributed by atoms with Gasteiger partial charge in [-0.15, -0.1) is 0 Å². The van der Waals surface area contributed by atoms with Crippen LogP contribution in [0.15, 0.2) is 35.3 Å². The highest BCUT2D eigenvalue weighted by atomic mass is 35.5. The zero-order valence-corrected chi connectivity index (χ0v) is 9.61. The van der Waals surface area contributed by atoms with Crippen LogP contribution in [0.2, 0.25) is 5.02 Å². The molecule has 0 aliphatic rings. The first-order chi connectivity index (χ1) is 7.75. The Bertz CT molecular complexity index is 444. The summed E-state index contributed by atoms with van der Waals surface area (Å²) in [7, 11) is 0. The molecule has 1 N–H and O–H groups in total. The van der Waals surface area contributed by atoms with E-state index in [2.05, 4.69) is 15.3 Å². The van der Waals surface area contributed by atoms with Gasteiger partial charge < -0.3 is 9.73 Å². The highest BCUT2D eigenvalue weighted by Crippen LogP contribution is 2.18. The quantitative estimate of drug-likeness (QED) is 0.889. The monoisotopic (exact) mass is 237 g/mol. The molecule has 0 saturated carbocycles. The van der Waals surface area contributed by atoms with Gasteiger partial charge in [-0.1, -0.05) is 11.6 Å². The molecule has 0 radical (unpaired) electrons. The molecule has 0 spiro atoms. The average Bonchev–Trinajstić information content (AvgIpc) is 2.74. The minimum atomic E-state index is 0.193. The second-order valence-electron chi connectivity index (χ2n) is 3.55. The lowest BCUT2D eigenvalue weighted by Gasteiger charge is -2.13. The lowest BCUT2D eigenvalue weighted by molar-refractivity contribution is 0.497. The molecule has 1 unspecified atom stereocenters. The van der Waals surface area contributed by atoms with Crippen molar-refractivity contribution in [2.24, 2.45) is 0 Å². The fraction of sp³-hybridized carbons (Fsp3) is 0.273. The second-order valence-corrected chi connectivity index (χ2v) is 3.96. The van der Waals surface area contributed by atoms with Crippen molar-refractivity contribution in [3.63, 3.8) is 0 Å². The van der Waals surface area contributed by atoms with E-state index in [0.717, 1.165) is 12.2 Å². The molecule has 0 aliphatic heterocycles. The summed E-state index contributed by atoms with van der Waals surface area (Å²) in [6, 6.07) is 4.01. The summed E-state index contributed by atoms with van der Waals surface area (Å²) >= 11 is 5.94. The Labute approximate surface area is 98.7 Å². The summed E-state index contributed by atoms with van der Waals surface area (Å²) in [5.41, 5.74) is 0. The first kappa shape index (κ1) is 11.0. The first-order valence-electron chi connectivity index (χ1n) is 5.00. The van der Waals surface area contributed by atoms with E-state index >= 15 is 0 Å². The molecule has 0 saturated heterocycles.